The summed E-state index contributed by atoms with van der Waals surface area (Å²) in [6.07, 6.45) is 1.14. The molecule has 0 saturated heterocycles. The monoisotopic (exact) mass is 289 g/mol. The van der Waals surface area contributed by atoms with Gasteiger partial charge in [-0.2, -0.15) is 0 Å². The van der Waals surface area contributed by atoms with E-state index in [4.69, 9.17) is 16.6 Å². The van der Waals surface area contributed by atoms with Crippen LogP contribution in [-0.4, -0.2) is 40.2 Å². The van der Waals surface area contributed by atoms with E-state index in [9.17, 15) is 4.57 Å². The molecule has 0 fully saturated rings. The largest absolute Gasteiger partial charge is 0.524 e. The Hall–Kier alpha value is -1.33. The lowest BCUT2D eigenvalue weighted by Crippen LogP contribution is -2.14. The van der Waals surface area contributed by atoms with Gasteiger partial charge in [0, 0.05) is 30.5 Å². The summed E-state index contributed by atoms with van der Waals surface area (Å²) < 4.78 is 53.8. The molecule has 0 atom stereocenters. The normalized spacial score (nSPS) is 17.6. The van der Waals surface area contributed by atoms with E-state index in [2.05, 4.69) is 9.51 Å². The van der Waals surface area contributed by atoms with Crippen molar-refractivity contribution in [3.05, 3.63) is 30.0 Å². The van der Waals surface area contributed by atoms with Crippen molar-refractivity contribution in [2.45, 2.75) is 6.42 Å². The fourth-order valence-corrected chi connectivity index (χ4v) is 2.18. The summed E-state index contributed by atoms with van der Waals surface area (Å²) in [5.74, 6) is -0.107. The lowest BCUT2D eigenvalue weighted by Gasteiger charge is -2.11. The molecule has 0 saturated carbocycles. The fourth-order valence-electron chi connectivity index (χ4n) is 1.77. The Balaban J connectivity index is 2.45. The molecule has 0 aliphatic rings. The molecule has 6 nitrogen and oxygen atoms in total. The molecule has 1 aromatic carbocycles. The fraction of sp³-hybridized carbons (Fsp3) is 0.333. The number of hydrogen-bond donors (Lipinski definition) is 3. The number of rotatable bonds is 5. The van der Waals surface area contributed by atoms with Gasteiger partial charge in [0.2, 0.25) is 0 Å². The van der Waals surface area contributed by atoms with Gasteiger partial charge in [-0.3, -0.25) is 9.79 Å². The first-order chi connectivity index (χ1) is 10.8. The zero-order valence-corrected chi connectivity index (χ0v) is 11.0. The van der Waals surface area contributed by atoms with Crippen molar-refractivity contribution in [2.24, 2.45) is 0 Å². The smallest absolute Gasteiger partial charge is 0.404 e. The molecule has 0 spiro atoms. The first-order valence-electron chi connectivity index (χ1n) is 7.89. The van der Waals surface area contributed by atoms with Gasteiger partial charge in [-0.05, 0) is 38.1 Å². The van der Waals surface area contributed by atoms with E-state index in [1.165, 1.54) is 18.3 Å². The Morgan fingerprint density at radius 3 is 3.05 bits per heavy atom. The number of phosphoric ester groups is 1. The van der Waals surface area contributed by atoms with Crippen LogP contribution in [0.15, 0.2) is 24.4 Å². The van der Waals surface area contributed by atoms with Gasteiger partial charge in [-0.1, -0.05) is 6.07 Å². The Kier molecular flexibility index (Phi) is 2.47. The number of benzene rings is 1. The number of hydrogen-bond acceptors (Lipinski definition) is 3. The number of phosphoric acid groups is 1. The average molecular weight is 289 g/mol. The van der Waals surface area contributed by atoms with Crippen LogP contribution >= 0.6 is 7.82 Å². The van der Waals surface area contributed by atoms with E-state index in [0.717, 1.165) is 7.05 Å². The van der Waals surface area contributed by atoms with Crippen molar-refractivity contribution in [3.8, 4) is 5.75 Å². The van der Waals surface area contributed by atoms with Gasteiger partial charge in [0.05, 0.1) is 0 Å². The maximum Gasteiger partial charge on any atom is 0.524 e. The van der Waals surface area contributed by atoms with Crippen molar-refractivity contribution in [2.75, 3.05) is 20.5 Å². The third kappa shape index (κ3) is 3.58. The second-order valence-electron chi connectivity index (χ2n) is 3.97. The minimum absolute atomic E-state index is 0.107. The lowest BCUT2D eigenvalue weighted by molar-refractivity contribution is 0.284. The number of aromatic amines is 1. The predicted molar refractivity (Wildman–Crippen MR) is 73.2 cm³/mol. The standard InChI is InChI=1S/C12H17N2O4P/c1-14(2)7-6-9-8-13-10-4-3-5-11(12(9)10)18-19(15,16)17/h3-5,8,13H,6-7H2,1-2H3,(H2,15,16,17)/i1D3,7D2. The Morgan fingerprint density at radius 2 is 2.37 bits per heavy atom. The molecule has 104 valence electrons. The SMILES string of the molecule is [2H]C([2H])([2H])N(C)C([2H])([2H])Cc1c[nH]c2cccc(OP(=O)(O)O)c12. The number of nitrogens with zero attached hydrogens (tertiary/aromatic N) is 1. The third-order valence-corrected chi connectivity index (χ3v) is 2.91. The van der Waals surface area contributed by atoms with E-state index >= 15 is 0 Å². The molecule has 19 heavy (non-hydrogen) atoms. The zero-order chi connectivity index (χ0) is 18.3. The number of nitrogens with one attached hydrogen (secondary N) is 1. The highest BCUT2D eigenvalue weighted by Crippen LogP contribution is 2.41. The van der Waals surface area contributed by atoms with Gasteiger partial charge in [0.25, 0.3) is 0 Å². The van der Waals surface area contributed by atoms with Crippen LogP contribution in [0.1, 0.15) is 12.4 Å². The Morgan fingerprint density at radius 1 is 1.58 bits per heavy atom. The summed E-state index contributed by atoms with van der Waals surface area (Å²) in [5, 5.41) is 0.295. The minimum Gasteiger partial charge on any atom is -0.404 e. The molecular weight excluding hydrogens is 267 g/mol. The molecule has 1 aromatic heterocycles. The van der Waals surface area contributed by atoms with Crippen LogP contribution in [0.3, 0.4) is 0 Å². The number of aryl methyl sites for hydroxylation is 1. The van der Waals surface area contributed by atoms with Gasteiger partial charge < -0.3 is 14.4 Å². The Bertz CT molecular complexity index is 785. The van der Waals surface area contributed by atoms with Crippen LogP contribution in [0.4, 0.5) is 0 Å². The number of aromatic nitrogens is 1. The van der Waals surface area contributed by atoms with Crippen LogP contribution in [0.25, 0.3) is 10.9 Å². The second kappa shape index (κ2) is 5.35. The third-order valence-electron chi connectivity index (χ3n) is 2.47. The zero-order valence-electron chi connectivity index (χ0n) is 15.1. The van der Waals surface area contributed by atoms with Crippen molar-refractivity contribution in [1.29, 1.82) is 0 Å². The van der Waals surface area contributed by atoms with E-state index in [1.807, 2.05) is 0 Å². The maximum absolute atomic E-state index is 11.1. The van der Waals surface area contributed by atoms with Crippen LogP contribution in [-0.2, 0) is 11.0 Å². The molecule has 0 amide bonds. The van der Waals surface area contributed by atoms with E-state index < -0.39 is 21.3 Å². The number of H-pyrrole nitrogens is 1. The maximum atomic E-state index is 11.1. The number of fused-ring (bicyclic) bond motifs is 1. The second-order valence-corrected chi connectivity index (χ2v) is 5.13. The van der Waals surface area contributed by atoms with E-state index in [-0.39, 0.29) is 12.2 Å². The van der Waals surface area contributed by atoms with Gasteiger partial charge in [0.15, 0.2) is 0 Å². The van der Waals surface area contributed by atoms with Crippen molar-refractivity contribution in [3.63, 3.8) is 0 Å². The van der Waals surface area contributed by atoms with Crippen molar-refractivity contribution in [1.82, 2.24) is 9.88 Å². The Labute approximate surface area is 118 Å². The molecule has 0 radical (unpaired) electrons. The highest BCUT2D eigenvalue weighted by molar-refractivity contribution is 7.46. The predicted octanol–water partition coefficient (Wildman–Crippen LogP) is 1.74. The summed E-state index contributed by atoms with van der Waals surface area (Å²) in [6.45, 7) is -4.84. The molecule has 0 aliphatic carbocycles. The summed E-state index contributed by atoms with van der Waals surface area (Å²) >= 11 is 0. The lowest BCUT2D eigenvalue weighted by atomic mass is 10.1. The topological polar surface area (TPSA) is 85.8 Å². The highest BCUT2D eigenvalue weighted by Gasteiger charge is 2.19. The minimum atomic E-state index is -4.79. The van der Waals surface area contributed by atoms with Gasteiger partial charge in [-0.25, -0.2) is 4.57 Å². The van der Waals surface area contributed by atoms with Crippen molar-refractivity contribution < 1.29 is 25.7 Å². The molecule has 0 unspecified atom stereocenters. The van der Waals surface area contributed by atoms with Gasteiger partial charge in [-0.15, -0.1) is 0 Å². The quantitative estimate of drug-likeness (QED) is 0.730. The first kappa shape index (κ1) is 8.76. The van der Waals surface area contributed by atoms with Crippen LogP contribution in [0.5, 0.6) is 5.75 Å². The summed E-state index contributed by atoms with van der Waals surface area (Å²) in [7, 11) is -3.64. The van der Waals surface area contributed by atoms with E-state index in [1.54, 1.807) is 6.07 Å². The summed E-state index contributed by atoms with van der Waals surface area (Å²) in [4.78, 5) is 21.5. The average Bonchev–Trinajstić information content (AvgIpc) is 2.79. The molecule has 0 bridgehead atoms. The molecule has 2 rings (SSSR count). The molecule has 0 aliphatic heterocycles. The molecular formula is C12H17N2O4P. The summed E-state index contributed by atoms with van der Waals surface area (Å²) in [6, 6.07) is 4.51. The number of likely N-dealkylation sites (N-methyl/N-ethyl adjacent to an activating group) is 1. The van der Waals surface area contributed by atoms with Gasteiger partial charge in [0.1, 0.15) is 5.75 Å². The van der Waals surface area contributed by atoms with Crippen molar-refractivity contribution >= 4 is 18.7 Å². The molecule has 1 heterocycles. The van der Waals surface area contributed by atoms with Crippen LogP contribution in [0, 0.1) is 0 Å². The van der Waals surface area contributed by atoms with Crippen LogP contribution in [0.2, 0.25) is 0 Å². The first-order valence-corrected chi connectivity index (χ1v) is 6.92. The van der Waals surface area contributed by atoms with Crippen LogP contribution < -0.4 is 4.52 Å². The molecule has 7 heteroatoms. The highest BCUT2D eigenvalue weighted by atomic mass is 31.2. The van der Waals surface area contributed by atoms with E-state index in [0.29, 0.717) is 21.4 Å². The molecule has 3 N–H and O–H groups in total. The van der Waals surface area contributed by atoms with Gasteiger partial charge >= 0.3 is 7.82 Å². The summed E-state index contributed by atoms with van der Waals surface area (Å²) in [5.41, 5.74) is 0.832. The molecule has 2 aromatic rings.